The fraction of sp³-hybridized carbons (Fsp3) is 0.353. The lowest BCUT2D eigenvalue weighted by Gasteiger charge is -2.12. The summed E-state index contributed by atoms with van der Waals surface area (Å²) in [6.07, 6.45) is -0.523. The SMILES string of the molecule is CCOC(=O)Nc1cccc(NC(=O)c2nc(C(C)C)cs2)c1C. The normalized spacial score (nSPS) is 10.5. The number of carbonyl (C=O) groups excluding carboxylic acids is 2. The second-order valence-electron chi connectivity index (χ2n) is 5.51. The van der Waals surface area contributed by atoms with Gasteiger partial charge in [-0.1, -0.05) is 19.9 Å². The molecule has 0 saturated carbocycles. The lowest BCUT2D eigenvalue weighted by Crippen LogP contribution is -2.16. The summed E-state index contributed by atoms with van der Waals surface area (Å²) >= 11 is 1.32. The van der Waals surface area contributed by atoms with Crippen molar-refractivity contribution in [3.05, 3.63) is 39.8 Å². The van der Waals surface area contributed by atoms with Crippen LogP contribution < -0.4 is 10.6 Å². The Morgan fingerprint density at radius 2 is 1.92 bits per heavy atom. The molecule has 128 valence electrons. The fourth-order valence-corrected chi connectivity index (χ4v) is 2.89. The maximum atomic E-state index is 12.4. The number of nitrogens with one attached hydrogen (secondary N) is 2. The Morgan fingerprint density at radius 3 is 2.50 bits per heavy atom. The lowest BCUT2D eigenvalue weighted by atomic mass is 10.1. The predicted octanol–water partition coefficient (Wildman–Crippen LogP) is 4.40. The van der Waals surface area contributed by atoms with Gasteiger partial charge in [0, 0.05) is 16.8 Å². The van der Waals surface area contributed by atoms with Gasteiger partial charge in [0.2, 0.25) is 0 Å². The molecule has 0 fully saturated rings. The molecule has 2 aromatic rings. The summed E-state index contributed by atoms with van der Waals surface area (Å²) in [5.74, 6) is 0.0185. The topological polar surface area (TPSA) is 80.3 Å². The number of rotatable bonds is 5. The molecule has 0 aliphatic rings. The predicted molar refractivity (Wildman–Crippen MR) is 96.0 cm³/mol. The highest BCUT2D eigenvalue weighted by molar-refractivity contribution is 7.11. The zero-order valence-corrected chi connectivity index (χ0v) is 15.0. The molecule has 0 spiro atoms. The molecular weight excluding hydrogens is 326 g/mol. The molecule has 0 radical (unpaired) electrons. The van der Waals surface area contributed by atoms with Gasteiger partial charge in [0.15, 0.2) is 5.01 Å². The molecule has 0 bridgehead atoms. The number of amides is 2. The minimum absolute atomic E-state index is 0.261. The summed E-state index contributed by atoms with van der Waals surface area (Å²) < 4.78 is 4.87. The maximum absolute atomic E-state index is 12.4. The molecule has 0 aliphatic heterocycles. The van der Waals surface area contributed by atoms with Crippen LogP contribution in [0.2, 0.25) is 0 Å². The van der Waals surface area contributed by atoms with Gasteiger partial charge in [0.05, 0.1) is 12.3 Å². The van der Waals surface area contributed by atoms with E-state index in [1.165, 1.54) is 11.3 Å². The third-order valence-electron chi connectivity index (χ3n) is 3.40. The van der Waals surface area contributed by atoms with Gasteiger partial charge in [0.1, 0.15) is 0 Å². The molecule has 24 heavy (non-hydrogen) atoms. The quantitative estimate of drug-likeness (QED) is 0.840. The third-order valence-corrected chi connectivity index (χ3v) is 4.26. The van der Waals surface area contributed by atoms with Gasteiger partial charge in [-0.15, -0.1) is 11.3 Å². The Hall–Kier alpha value is -2.41. The Kier molecular flexibility index (Phi) is 5.92. The number of ether oxygens (including phenoxy) is 1. The summed E-state index contributed by atoms with van der Waals surface area (Å²) in [6, 6.07) is 5.29. The third kappa shape index (κ3) is 4.32. The van der Waals surface area contributed by atoms with Crippen LogP contribution in [0.1, 0.15) is 47.7 Å². The van der Waals surface area contributed by atoms with E-state index >= 15 is 0 Å². The van der Waals surface area contributed by atoms with Gasteiger partial charge in [-0.3, -0.25) is 10.1 Å². The van der Waals surface area contributed by atoms with Gasteiger partial charge >= 0.3 is 6.09 Å². The highest BCUT2D eigenvalue weighted by Gasteiger charge is 2.15. The van der Waals surface area contributed by atoms with E-state index in [9.17, 15) is 9.59 Å². The summed E-state index contributed by atoms with van der Waals surface area (Å²) in [5.41, 5.74) is 2.86. The first kappa shape index (κ1) is 17.9. The smallest absolute Gasteiger partial charge is 0.411 e. The van der Waals surface area contributed by atoms with Gasteiger partial charge in [-0.05, 0) is 37.5 Å². The molecule has 0 aliphatic carbocycles. The average molecular weight is 347 g/mol. The van der Waals surface area contributed by atoms with Crippen molar-refractivity contribution in [3.63, 3.8) is 0 Å². The van der Waals surface area contributed by atoms with E-state index in [0.29, 0.717) is 23.0 Å². The molecule has 1 aromatic heterocycles. The number of benzene rings is 1. The number of aromatic nitrogens is 1. The first-order valence-electron chi connectivity index (χ1n) is 7.72. The van der Waals surface area contributed by atoms with Crippen LogP contribution in [0.15, 0.2) is 23.6 Å². The molecule has 6 nitrogen and oxygen atoms in total. The highest BCUT2D eigenvalue weighted by atomic mass is 32.1. The van der Waals surface area contributed by atoms with E-state index in [1.807, 2.05) is 26.2 Å². The molecule has 1 aromatic carbocycles. The van der Waals surface area contributed by atoms with Gasteiger partial charge in [-0.25, -0.2) is 9.78 Å². The van der Waals surface area contributed by atoms with E-state index in [2.05, 4.69) is 15.6 Å². The summed E-state index contributed by atoms with van der Waals surface area (Å²) in [7, 11) is 0. The van der Waals surface area contributed by atoms with Crippen LogP contribution in [-0.4, -0.2) is 23.6 Å². The van der Waals surface area contributed by atoms with E-state index in [1.54, 1.807) is 25.1 Å². The van der Waals surface area contributed by atoms with E-state index in [-0.39, 0.29) is 11.8 Å². The molecule has 1 heterocycles. The van der Waals surface area contributed by atoms with Crippen molar-refractivity contribution in [2.45, 2.75) is 33.6 Å². The number of thiazole rings is 1. The Balaban J connectivity index is 2.14. The van der Waals surface area contributed by atoms with E-state index in [4.69, 9.17) is 4.74 Å². The summed E-state index contributed by atoms with van der Waals surface area (Å²) in [6.45, 7) is 7.92. The van der Waals surface area contributed by atoms with Crippen LogP contribution in [0.4, 0.5) is 16.2 Å². The average Bonchev–Trinajstić information content (AvgIpc) is 3.02. The molecule has 2 amide bonds. The molecule has 0 saturated heterocycles. The van der Waals surface area contributed by atoms with Crippen molar-refractivity contribution in [2.75, 3.05) is 17.2 Å². The number of nitrogens with zero attached hydrogens (tertiary/aromatic N) is 1. The van der Waals surface area contributed by atoms with Crippen molar-refractivity contribution in [3.8, 4) is 0 Å². The molecule has 7 heteroatoms. The van der Waals surface area contributed by atoms with E-state index < -0.39 is 6.09 Å². The standard InChI is InChI=1S/C17H21N3O3S/c1-5-23-17(22)20-13-8-6-7-12(11(13)4)18-15(21)16-19-14(9-24-16)10(2)3/h6-10H,5H2,1-4H3,(H,18,21)(H,20,22). The highest BCUT2D eigenvalue weighted by Crippen LogP contribution is 2.25. The van der Waals surface area contributed by atoms with Crippen LogP contribution in [-0.2, 0) is 4.74 Å². The summed E-state index contributed by atoms with van der Waals surface area (Å²) in [4.78, 5) is 28.3. The van der Waals surface area contributed by atoms with Crippen LogP contribution in [0.5, 0.6) is 0 Å². The van der Waals surface area contributed by atoms with Crippen molar-refractivity contribution in [1.29, 1.82) is 0 Å². The molecule has 2 rings (SSSR count). The minimum Gasteiger partial charge on any atom is -0.450 e. The molecular formula is C17H21N3O3S. The molecule has 2 N–H and O–H groups in total. The largest absolute Gasteiger partial charge is 0.450 e. The number of carbonyl (C=O) groups is 2. The zero-order chi connectivity index (χ0) is 17.7. The minimum atomic E-state index is -0.523. The van der Waals surface area contributed by atoms with Crippen molar-refractivity contribution < 1.29 is 14.3 Å². The lowest BCUT2D eigenvalue weighted by molar-refractivity contribution is 0.102. The van der Waals surface area contributed by atoms with Gasteiger partial charge in [0.25, 0.3) is 5.91 Å². The second-order valence-corrected chi connectivity index (χ2v) is 6.37. The van der Waals surface area contributed by atoms with Gasteiger partial charge in [-0.2, -0.15) is 0 Å². The zero-order valence-electron chi connectivity index (χ0n) is 14.2. The van der Waals surface area contributed by atoms with Crippen LogP contribution in [0, 0.1) is 6.92 Å². The summed E-state index contributed by atoms with van der Waals surface area (Å²) in [5, 5.41) is 7.81. The fourth-order valence-electron chi connectivity index (χ4n) is 2.02. The van der Waals surface area contributed by atoms with Crippen LogP contribution in [0.25, 0.3) is 0 Å². The van der Waals surface area contributed by atoms with Crippen LogP contribution in [0.3, 0.4) is 0 Å². The van der Waals surface area contributed by atoms with Crippen molar-refractivity contribution in [1.82, 2.24) is 4.98 Å². The first-order chi connectivity index (χ1) is 11.4. The molecule has 0 unspecified atom stereocenters. The number of hydrogen-bond donors (Lipinski definition) is 2. The Labute approximate surface area is 145 Å². The maximum Gasteiger partial charge on any atom is 0.411 e. The second kappa shape index (κ2) is 7.92. The molecule has 0 atom stereocenters. The van der Waals surface area contributed by atoms with E-state index in [0.717, 1.165) is 11.3 Å². The Bertz CT molecular complexity index is 740. The van der Waals surface area contributed by atoms with Gasteiger partial charge < -0.3 is 10.1 Å². The van der Waals surface area contributed by atoms with Crippen molar-refractivity contribution in [2.24, 2.45) is 0 Å². The monoisotopic (exact) mass is 347 g/mol. The van der Waals surface area contributed by atoms with Crippen molar-refractivity contribution >= 4 is 34.7 Å². The Morgan fingerprint density at radius 1 is 1.25 bits per heavy atom. The number of anilines is 2. The number of hydrogen-bond acceptors (Lipinski definition) is 5. The van der Waals surface area contributed by atoms with Crippen LogP contribution >= 0.6 is 11.3 Å². The first-order valence-corrected chi connectivity index (χ1v) is 8.60.